The molecule has 4 amide bonds. The Kier molecular flexibility index (Phi) is 13.1. The van der Waals surface area contributed by atoms with E-state index >= 15 is 0 Å². The summed E-state index contributed by atoms with van der Waals surface area (Å²) in [6.45, 7) is 9.83. The number of rotatable bonds is 12. The highest BCUT2D eigenvalue weighted by Gasteiger charge is 2.33. The Morgan fingerprint density at radius 1 is 0.981 bits per heavy atom. The number of thiophene rings is 2. The zero-order valence-corrected chi connectivity index (χ0v) is 32.6. The lowest BCUT2D eigenvalue weighted by Gasteiger charge is -2.30. The third kappa shape index (κ3) is 10.6. The second kappa shape index (κ2) is 17.7. The SMILES string of the molecule is CCOC(=O)c1c(NC(=O)C(CC)Sc2cccc(NC(=O)/C(=C/c3cccs3)NC(=O)c3ccccc3)c2)sc2c1CCN(C(=O)OC(C)(C)C)C2. The number of nitrogens with zero attached hydrogens (tertiary/aromatic N) is 1. The van der Waals surface area contributed by atoms with Crippen LogP contribution in [0.25, 0.3) is 6.08 Å². The largest absolute Gasteiger partial charge is 0.462 e. The number of carbonyl (C=O) groups excluding carboxylic acids is 5. The third-order valence-electron chi connectivity index (χ3n) is 7.82. The van der Waals surface area contributed by atoms with Gasteiger partial charge in [0.05, 0.1) is 24.0 Å². The lowest BCUT2D eigenvalue weighted by atomic mass is 10.0. The van der Waals surface area contributed by atoms with Crippen molar-refractivity contribution in [2.24, 2.45) is 0 Å². The Hall–Kier alpha value is -4.92. The van der Waals surface area contributed by atoms with Crippen LogP contribution in [0.15, 0.2) is 82.7 Å². The van der Waals surface area contributed by atoms with Crippen molar-refractivity contribution >= 4 is 81.0 Å². The molecule has 4 aromatic rings. The summed E-state index contributed by atoms with van der Waals surface area (Å²) < 4.78 is 10.9. The molecule has 2 aromatic carbocycles. The van der Waals surface area contributed by atoms with E-state index in [4.69, 9.17) is 9.47 Å². The summed E-state index contributed by atoms with van der Waals surface area (Å²) in [5.41, 5.74) is 1.41. The smallest absolute Gasteiger partial charge is 0.410 e. The predicted octanol–water partition coefficient (Wildman–Crippen LogP) is 8.20. The second-order valence-electron chi connectivity index (χ2n) is 13.0. The number of ether oxygens (including phenoxy) is 2. The van der Waals surface area contributed by atoms with Crippen LogP contribution in [0.5, 0.6) is 0 Å². The van der Waals surface area contributed by atoms with Crippen molar-refractivity contribution in [2.45, 2.75) is 69.8 Å². The van der Waals surface area contributed by atoms with Gasteiger partial charge in [-0.3, -0.25) is 14.4 Å². The molecular formula is C39H42N4O7S3. The average molecular weight is 775 g/mol. The topological polar surface area (TPSA) is 143 Å². The first-order chi connectivity index (χ1) is 25.3. The van der Waals surface area contributed by atoms with Crippen LogP contribution in [-0.4, -0.2) is 58.7 Å². The summed E-state index contributed by atoms with van der Waals surface area (Å²) in [7, 11) is 0. The molecule has 1 atom stereocenters. The van der Waals surface area contributed by atoms with E-state index in [1.54, 1.807) is 60.4 Å². The molecule has 0 bridgehead atoms. The fraction of sp³-hybridized carbons (Fsp3) is 0.308. The first-order valence-electron chi connectivity index (χ1n) is 17.1. The fourth-order valence-electron chi connectivity index (χ4n) is 5.38. The van der Waals surface area contributed by atoms with Gasteiger partial charge in [0, 0.05) is 32.4 Å². The van der Waals surface area contributed by atoms with Crippen molar-refractivity contribution in [1.29, 1.82) is 0 Å². The van der Waals surface area contributed by atoms with Crippen molar-refractivity contribution in [3.63, 3.8) is 0 Å². The maximum absolute atomic E-state index is 13.8. The van der Waals surface area contributed by atoms with E-state index in [0.717, 1.165) is 20.2 Å². The van der Waals surface area contributed by atoms with Gasteiger partial charge in [-0.15, -0.1) is 34.4 Å². The molecule has 1 aliphatic heterocycles. The number of esters is 1. The van der Waals surface area contributed by atoms with Gasteiger partial charge >= 0.3 is 12.1 Å². The Labute approximate surface area is 321 Å². The minimum atomic E-state index is -0.649. The molecule has 3 N–H and O–H groups in total. The van der Waals surface area contributed by atoms with Crippen LogP contribution in [0.2, 0.25) is 0 Å². The first-order valence-corrected chi connectivity index (χ1v) is 19.7. The van der Waals surface area contributed by atoms with Crippen LogP contribution < -0.4 is 16.0 Å². The molecule has 0 fully saturated rings. The van der Waals surface area contributed by atoms with Crippen LogP contribution in [0.1, 0.15) is 77.1 Å². The zero-order chi connectivity index (χ0) is 38.1. The number of fused-ring (bicyclic) bond motifs is 1. The first kappa shape index (κ1) is 39.3. The van der Waals surface area contributed by atoms with Crippen LogP contribution in [0.3, 0.4) is 0 Å². The van der Waals surface area contributed by atoms with Crippen molar-refractivity contribution in [1.82, 2.24) is 10.2 Å². The van der Waals surface area contributed by atoms with E-state index in [9.17, 15) is 24.0 Å². The van der Waals surface area contributed by atoms with Gasteiger partial charge in [0.15, 0.2) is 0 Å². The molecule has 1 unspecified atom stereocenters. The maximum Gasteiger partial charge on any atom is 0.410 e. The van der Waals surface area contributed by atoms with E-state index in [0.29, 0.717) is 41.2 Å². The minimum Gasteiger partial charge on any atom is -0.462 e. The van der Waals surface area contributed by atoms with E-state index in [1.807, 2.05) is 57.3 Å². The summed E-state index contributed by atoms with van der Waals surface area (Å²) in [5.74, 6) is -1.75. The molecule has 3 heterocycles. The standard InChI is InChI=1S/C39H42N4O7S3/c1-6-30(35(46)42-36-32(37(47)49-7-2)28-18-19-43(23-31(28)53-36)38(48)50-39(3,4)5)52-27-16-11-15-25(21-27)40-34(45)29(22-26-17-12-20-51-26)41-33(44)24-13-9-8-10-14-24/h8-17,20-22,30H,6-7,18-19,23H2,1-5H3,(H,40,45)(H,41,44)(H,42,46)/b29-22-. The van der Waals surface area contributed by atoms with Crippen LogP contribution in [0, 0.1) is 0 Å². The zero-order valence-electron chi connectivity index (χ0n) is 30.1. The Balaban J connectivity index is 1.30. The second-order valence-corrected chi connectivity index (χ2v) is 16.3. The number of hydrogen-bond donors (Lipinski definition) is 3. The molecule has 0 radical (unpaired) electrons. The number of anilines is 2. The number of amides is 4. The number of carbonyl (C=O) groups is 5. The summed E-state index contributed by atoms with van der Waals surface area (Å²) in [6, 6.07) is 19.5. The Bertz CT molecular complexity index is 1980. The molecule has 278 valence electrons. The minimum absolute atomic E-state index is 0.0791. The normalized spacial score (nSPS) is 13.4. The van der Waals surface area contributed by atoms with Gasteiger partial charge < -0.3 is 30.3 Å². The van der Waals surface area contributed by atoms with Gasteiger partial charge in [-0.25, -0.2) is 9.59 Å². The lowest BCUT2D eigenvalue weighted by Crippen LogP contribution is -2.39. The van der Waals surface area contributed by atoms with Crippen LogP contribution in [0.4, 0.5) is 15.5 Å². The monoisotopic (exact) mass is 774 g/mol. The van der Waals surface area contributed by atoms with E-state index < -0.39 is 34.7 Å². The van der Waals surface area contributed by atoms with Gasteiger partial charge in [-0.2, -0.15) is 0 Å². The molecule has 0 spiro atoms. The molecule has 0 saturated heterocycles. The highest BCUT2D eigenvalue weighted by atomic mass is 32.2. The van der Waals surface area contributed by atoms with Gasteiger partial charge in [-0.1, -0.05) is 37.3 Å². The third-order valence-corrected chi connectivity index (χ3v) is 11.1. The van der Waals surface area contributed by atoms with E-state index in [1.165, 1.54) is 34.4 Å². The molecule has 53 heavy (non-hydrogen) atoms. The summed E-state index contributed by atoms with van der Waals surface area (Å²) >= 11 is 4.01. The summed E-state index contributed by atoms with van der Waals surface area (Å²) in [6.07, 6.45) is 2.07. The van der Waals surface area contributed by atoms with Crippen molar-refractivity contribution in [2.75, 3.05) is 23.8 Å². The van der Waals surface area contributed by atoms with E-state index in [2.05, 4.69) is 16.0 Å². The van der Waals surface area contributed by atoms with Gasteiger partial charge in [0.1, 0.15) is 16.3 Å². The fourth-order valence-corrected chi connectivity index (χ4v) is 8.30. The molecule has 14 heteroatoms. The highest BCUT2D eigenvalue weighted by molar-refractivity contribution is 8.00. The maximum atomic E-state index is 13.8. The van der Waals surface area contributed by atoms with Crippen molar-refractivity contribution in [3.8, 4) is 0 Å². The molecule has 1 aliphatic rings. The molecule has 2 aromatic heterocycles. The summed E-state index contributed by atoms with van der Waals surface area (Å²) in [5, 5.41) is 10.3. The van der Waals surface area contributed by atoms with E-state index in [-0.39, 0.29) is 24.8 Å². The van der Waals surface area contributed by atoms with Crippen LogP contribution in [-0.2, 0) is 32.0 Å². The molecular weight excluding hydrogens is 733 g/mol. The predicted molar refractivity (Wildman–Crippen MR) is 210 cm³/mol. The molecule has 0 saturated carbocycles. The van der Waals surface area contributed by atoms with Crippen LogP contribution >= 0.6 is 34.4 Å². The number of thioether (sulfide) groups is 1. The molecule has 0 aliphatic carbocycles. The lowest BCUT2D eigenvalue weighted by molar-refractivity contribution is -0.116. The molecule has 5 rings (SSSR count). The van der Waals surface area contributed by atoms with Gasteiger partial charge in [0.2, 0.25) is 5.91 Å². The Morgan fingerprint density at radius 3 is 2.43 bits per heavy atom. The number of nitrogens with one attached hydrogen (secondary N) is 3. The van der Waals surface area contributed by atoms with Gasteiger partial charge in [0.25, 0.3) is 11.8 Å². The number of hydrogen-bond acceptors (Lipinski definition) is 10. The quantitative estimate of drug-likeness (QED) is 0.0743. The van der Waals surface area contributed by atoms with Crippen molar-refractivity contribution < 1.29 is 33.4 Å². The highest BCUT2D eigenvalue weighted by Crippen LogP contribution is 2.39. The van der Waals surface area contributed by atoms with Crippen molar-refractivity contribution in [3.05, 3.63) is 104 Å². The number of benzene rings is 2. The average Bonchev–Trinajstić information content (AvgIpc) is 3.77. The van der Waals surface area contributed by atoms with Gasteiger partial charge in [-0.05, 0) is 94.0 Å². The molecule has 11 nitrogen and oxygen atoms in total. The summed E-state index contributed by atoms with van der Waals surface area (Å²) in [4.78, 5) is 70.1. The Morgan fingerprint density at radius 2 is 1.75 bits per heavy atom.